The fourth-order valence-corrected chi connectivity index (χ4v) is 3.09. The molecule has 0 unspecified atom stereocenters. The van der Waals surface area contributed by atoms with E-state index in [0.717, 1.165) is 16.8 Å². The molecule has 0 bridgehead atoms. The second-order valence-electron chi connectivity index (χ2n) is 5.33. The molecule has 2 aromatic carbocycles. The first-order chi connectivity index (χ1) is 11.3. The Bertz CT molecular complexity index is 895. The van der Waals surface area contributed by atoms with E-state index < -0.39 is 10.0 Å². The topological polar surface area (TPSA) is 75.3 Å². The fourth-order valence-electron chi connectivity index (χ4n) is 2.15. The molecule has 0 aliphatic heterocycles. The van der Waals surface area contributed by atoms with Gasteiger partial charge in [-0.2, -0.15) is 4.72 Å². The highest BCUT2D eigenvalue weighted by Crippen LogP contribution is 2.18. The van der Waals surface area contributed by atoms with Gasteiger partial charge in [0.15, 0.2) is 0 Å². The molecule has 0 aliphatic carbocycles. The molecule has 0 heterocycles. The SMILES string of the molecule is C#CCNS(=O)(=O)c1ccc(C(=O)Nc2ccc(C)cc2C)cc1. The summed E-state index contributed by atoms with van der Waals surface area (Å²) in [5.74, 6) is 1.90. The zero-order valence-corrected chi connectivity index (χ0v) is 14.3. The lowest BCUT2D eigenvalue weighted by Gasteiger charge is -2.10. The first-order valence-corrected chi connectivity index (χ1v) is 8.73. The van der Waals surface area contributed by atoms with E-state index in [1.54, 1.807) is 0 Å². The molecule has 0 saturated heterocycles. The van der Waals surface area contributed by atoms with Crippen LogP contribution in [0, 0.1) is 26.2 Å². The van der Waals surface area contributed by atoms with Crippen molar-refractivity contribution in [3.05, 3.63) is 59.2 Å². The zero-order valence-electron chi connectivity index (χ0n) is 13.5. The molecule has 2 aromatic rings. The molecule has 0 saturated carbocycles. The van der Waals surface area contributed by atoms with Crippen LogP contribution >= 0.6 is 0 Å². The van der Waals surface area contributed by atoms with Crippen LogP contribution in [-0.2, 0) is 10.0 Å². The predicted molar refractivity (Wildman–Crippen MR) is 94.3 cm³/mol. The lowest BCUT2D eigenvalue weighted by atomic mass is 10.1. The number of hydrogen-bond acceptors (Lipinski definition) is 3. The van der Waals surface area contributed by atoms with E-state index in [9.17, 15) is 13.2 Å². The zero-order chi connectivity index (χ0) is 17.7. The number of rotatable bonds is 5. The lowest BCUT2D eigenvalue weighted by molar-refractivity contribution is 0.102. The van der Waals surface area contributed by atoms with Crippen LogP contribution in [0.3, 0.4) is 0 Å². The van der Waals surface area contributed by atoms with Crippen molar-refractivity contribution in [2.24, 2.45) is 0 Å². The number of sulfonamides is 1. The highest BCUT2D eigenvalue weighted by atomic mass is 32.2. The molecule has 124 valence electrons. The van der Waals surface area contributed by atoms with Crippen molar-refractivity contribution < 1.29 is 13.2 Å². The Hall–Kier alpha value is -2.62. The second-order valence-corrected chi connectivity index (χ2v) is 7.09. The maximum atomic E-state index is 12.3. The molecular weight excluding hydrogens is 324 g/mol. The van der Waals surface area contributed by atoms with Gasteiger partial charge in [-0.25, -0.2) is 8.42 Å². The summed E-state index contributed by atoms with van der Waals surface area (Å²) < 4.78 is 26.1. The van der Waals surface area contributed by atoms with Gasteiger partial charge in [-0.05, 0) is 49.7 Å². The summed E-state index contributed by atoms with van der Waals surface area (Å²) in [6, 6.07) is 11.4. The summed E-state index contributed by atoms with van der Waals surface area (Å²) in [6.45, 7) is 3.80. The van der Waals surface area contributed by atoms with Crippen molar-refractivity contribution in [1.29, 1.82) is 0 Å². The molecule has 6 heteroatoms. The summed E-state index contributed by atoms with van der Waals surface area (Å²) in [6.07, 6.45) is 5.04. The molecule has 2 rings (SSSR count). The summed E-state index contributed by atoms with van der Waals surface area (Å²) in [7, 11) is -3.66. The third-order valence-corrected chi connectivity index (χ3v) is 4.84. The monoisotopic (exact) mass is 342 g/mol. The fraction of sp³-hybridized carbons (Fsp3) is 0.167. The van der Waals surface area contributed by atoms with E-state index in [4.69, 9.17) is 6.42 Å². The minimum atomic E-state index is -3.66. The Balaban J connectivity index is 2.16. The van der Waals surface area contributed by atoms with Gasteiger partial charge in [0.2, 0.25) is 10.0 Å². The van der Waals surface area contributed by atoms with Gasteiger partial charge in [-0.3, -0.25) is 4.79 Å². The Morgan fingerprint density at radius 1 is 1.12 bits per heavy atom. The van der Waals surface area contributed by atoms with Crippen molar-refractivity contribution in [2.45, 2.75) is 18.7 Å². The molecule has 0 aromatic heterocycles. The number of anilines is 1. The van der Waals surface area contributed by atoms with E-state index in [1.807, 2.05) is 32.0 Å². The predicted octanol–water partition coefficient (Wildman–Crippen LogP) is 2.47. The van der Waals surface area contributed by atoms with Gasteiger partial charge in [-0.1, -0.05) is 23.6 Å². The van der Waals surface area contributed by atoms with Crippen LogP contribution in [-0.4, -0.2) is 20.9 Å². The Kier molecular flexibility index (Phi) is 5.39. The van der Waals surface area contributed by atoms with Crippen LogP contribution in [0.4, 0.5) is 5.69 Å². The number of hydrogen-bond donors (Lipinski definition) is 2. The molecule has 0 spiro atoms. The normalized spacial score (nSPS) is 10.9. The van der Waals surface area contributed by atoms with Gasteiger partial charge in [-0.15, -0.1) is 6.42 Å². The van der Waals surface area contributed by atoms with E-state index in [1.165, 1.54) is 24.3 Å². The second kappa shape index (κ2) is 7.30. The Labute approximate surface area is 142 Å². The molecule has 0 fully saturated rings. The number of terminal acetylenes is 1. The number of nitrogens with one attached hydrogen (secondary N) is 2. The van der Waals surface area contributed by atoms with Gasteiger partial charge in [0.05, 0.1) is 11.4 Å². The van der Waals surface area contributed by atoms with Gasteiger partial charge < -0.3 is 5.32 Å². The van der Waals surface area contributed by atoms with E-state index >= 15 is 0 Å². The minimum Gasteiger partial charge on any atom is -0.322 e. The van der Waals surface area contributed by atoms with Crippen LogP contribution in [0.25, 0.3) is 0 Å². The maximum absolute atomic E-state index is 12.3. The van der Waals surface area contributed by atoms with E-state index in [2.05, 4.69) is 16.0 Å². The number of carbonyl (C=O) groups excluding carboxylic acids is 1. The van der Waals surface area contributed by atoms with Crippen LogP contribution in [0.1, 0.15) is 21.5 Å². The number of aryl methyl sites for hydroxylation is 2. The van der Waals surface area contributed by atoms with Gasteiger partial charge in [0.25, 0.3) is 5.91 Å². The van der Waals surface area contributed by atoms with E-state index in [-0.39, 0.29) is 17.3 Å². The molecule has 2 N–H and O–H groups in total. The number of carbonyl (C=O) groups is 1. The van der Waals surface area contributed by atoms with Crippen molar-refractivity contribution in [3.63, 3.8) is 0 Å². The number of benzene rings is 2. The summed E-state index contributed by atoms with van der Waals surface area (Å²) >= 11 is 0. The summed E-state index contributed by atoms with van der Waals surface area (Å²) in [5, 5.41) is 2.82. The first-order valence-electron chi connectivity index (χ1n) is 7.25. The standard InChI is InChI=1S/C18H18N2O3S/c1-4-11-19-24(22,23)16-8-6-15(7-9-16)18(21)20-17-10-5-13(2)12-14(17)3/h1,5-10,12,19H,11H2,2-3H3,(H,20,21). The molecular formula is C18H18N2O3S. The van der Waals surface area contributed by atoms with Crippen LogP contribution in [0.15, 0.2) is 47.4 Å². The van der Waals surface area contributed by atoms with Crippen molar-refractivity contribution in [1.82, 2.24) is 4.72 Å². The van der Waals surface area contributed by atoms with Crippen LogP contribution in [0.2, 0.25) is 0 Å². The van der Waals surface area contributed by atoms with E-state index in [0.29, 0.717) is 5.56 Å². The molecule has 0 aliphatic rings. The third kappa shape index (κ3) is 4.22. The Morgan fingerprint density at radius 3 is 2.38 bits per heavy atom. The quantitative estimate of drug-likeness (QED) is 0.820. The molecule has 0 radical (unpaired) electrons. The van der Waals surface area contributed by atoms with Gasteiger partial charge in [0.1, 0.15) is 0 Å². The largest absolute Gasteiger partial charge is 0.322 e. The van der Waals surface area contributed by atoms with Crippen molar-refractivity contribution >= 4 is 21.6 Å². The average molecular weight is 342 g/mol. The lowest BCUT2D eigenvalue weighted by Crippen LogP contribution is -2.24. The molecule has 0 atom stereocenters. The van der Waals surface area contributed by atoms with Crippen LogP contribution in [0.5, 0.6) is 0 Å². The van der Waals surface area contributed by atoms with Crippen molar-refractivity contribution in [3.8, 4) is 12.3 Å². The first kappa shape index (κ1) is 17.7. The highest BCUT2D eigenvalue weighted by molar-refractivity contribution is 7.89. The molecule has 1 amide bonds. The summed E-state index contributed by atoms with van der Waals surface area (Å²) in [5.41, 5.74) is 3.16. The van der Waals surface area contributed by atoms with Crippen molar-refractivity contribution in [2.75, 3.05) is 11.9 Å². The van der Waals surface area contributed by atoms with Gasteiger partial charge >= 0.3 is 0 Å². The smallest absolute Gasteiger partial charge is 0.255 e. The summed E-state index contributed by atoms with van der Waals surface area (Å²) in [4.78, 5) is 12.3. The Morgan fingerprint density at radius 2 is 1.79 bits per heavy atom. The minimum absolute atomic E-state index is 0.0563. The average Bonchev–Trinajstić information content (AvgIpc) is 2.55. The van der Waals surface area contributed by atoms with Crippen LogP contribution < -0.4 is 10.0 Å². The third-order valence-electron chi connectivity index (χ3n) is 3.42. The van der Waals surface area contributed by atoms with Gasteiger partial charge in [0, 0.05) is 11.3 Å². The highest BCUT2D eigenvalue weighted by Gasteiger charge is 2.14. The molecule has 5 nitrogen and oxygen atoms in total. The maximum Gasteiger partial charge on any atom is 0.255 e. The molecule has 24 heavy (non-hydrogen) atoms. The number of amides is 1.